The number of carbonyl (C=O) groups excluding carboxylic acids is 2. The van der Waals surface area contributed by atoms with E-state index in [1.165, 1.54) is 0 Å². The van der Waals surface area contributed by atoms with E-state index < -0.39 is 11.9 Å². The van der Waals surface area contributed by atoms with Gasteiger partial charge < -0.3 is 10.1 Å². The van der Waals surface area contributed by atoms with Crippen LogP contribution >= 0.6 is 0 Å². The van der Waals surface area contributed by atoms with E-state index in [1.54, 1.807) is 0 Å². The van der Waals surface area contributed by atoms with Crippen molar-refractivity contribution in [3.8, 4) is 0 Å². The molecular weight excluding hydrogens is 254 g/mol. The number of esters is 1. The van der Waals surface area contributed by atoms with E-state index in [-0.39, 0.29) is 6.61 Å². The summed E-state index contributed by atoms with van der Waals surface area (Å²) >= 11 is 0. The van der Waals surface area contributed by atoms with Crippen LogP contribution in [0.3, 0.4) is 0 Å². The van der Waals surface area contributed by atoms with Gasteiger partial charge in [-0.05, 0) is 11.1 Å². The lowest BCUT2D eigenvalue weighted by molar-refractivity contribution is -0.155. The predicted octanol–water partition coefficient (Wildman–Crippen LogP) is 2.05. The number of nitrogens with one attached hydrogen (secondary N) is 1. The van der Waals surface area contributed by atoms with Crippen molar-refractivity contribution in [2.75, 3.05) is 0 Å². The molecule has 0 spiro atoms. The molecule has 0 unspecified atom stereocenters. The van der Waals surface area contributed by atoms with Crippen LogP contribution in [0, 0.1) is 0 Å². The Kier molecular flexibility index (Phi) is 4.89. The molecule has 0 saturated carbocycles. The Morgan fingerprint density at radius 1 is 0.850 bits per heavy atom. The van der Waals surface area contributed by atoms with Gasteiger partial charge in [0.2, 0.25) is 0 Å². The number of rotatable bonds is 4. The summed E-state index contributed by atoms with van der Waals surface area (Å²) in [5, 5.41) is 2.52. The Morgan fingerprint density at radius 2 is 1.40 bits per heavy atom. The molecule has 2 aromatic rings. The van der Waals surface area contributed by atoms with Gasteiger partial charge in [-0.2, -0.15) is 0 Å². The lowest BCUT2D eigenvalue weighted by atomic mass is 10.2. The second kappa shape index (κ2) is 7.09. The van der Waals surface area contributed by atoms with Crippen LogP contribution < -0.4 is 5.32 Å². The van der Waals surface area contributed by atoms with E-state index in [1.807, 2.05) is 60.7 Å². The van der Waals surface area contributed by atoms with E-state index in [0.29, 0.717) is 6.54 Å². The highest BCUT2D eigenvalue weighted by atomic mass is 16.5. The van der Waals surface area contributed by atoms with Crippen LogP contribution in [0.5, 0.6) is 0 Å². The van der Waals surface area contributed by atoms with Crippen molar-refractivity contribution >= 4 is 11.9 Å². The average Bonchev–Trinajstić information content (AvgIpc) is 2.52. The lowest BCUT2D eigenvalue weighted by Gasteiger charge is -2.06. The van der Waals surface area contributed by atoms with E-state index >= 15 is 0 Å². The zero-order chi connectivity index (χ0) is 14.2. The van der Waals surface area contributed by atoms with E-state index in [9.17, 15) is 9.59 Å². The molecule has 102 valence electrons. The van der Waals surface area contributed by atoms with Crippen LogP contribution in [0.25, 0.3) is 0 Å². The van der Waals surface area contributed by atoms with Gasteiger partial charge >= 0.3 is 11.9 Å². The number of amides is 1. The summed E-state index contributed by atoms with van der Waals surface area (Å²) in [7, 11) is 0. The summed E-state index contributed by atoms with van der Waals surface area (Å²) in [5.41, 5.74) is 1.77. The molecule has 0 aliphatic carbocycles. The molecule has 0 bridgehead atoms. The van der Waals surface area contributed by atoms with Crippen LogP contribution in [0.2, 0.25) is 0 Å². The Hall–Kier alpha value is -2.62. The highest BCUT2D eigenvalue weighted by Crippen LogP contribution is 2.01. The largest absolute Gasteiger partial charge is 0.454 e. The van der Waals surface area contributed by atoms with E-state index in [0.717, 1.165) is 11.1 Å². The molecule has 0 radical (unpaired) electrons. The molecule has 0 fully saturated rings. The van der Waals surface area contributed by atoms with Crippen LogP contribution in [0.1, 0.15) is 11.1 Å². The number of ether oxygens (including phenoxy) is 1. The minimum atomic E-state index is -0.871. The molecule has 0 heterocycles. The molecule has 1 amide bonds. The highest BCUT2D eigenvalue weighted by Gasteiger charge is 2.14. The molecule has 0 atom stereocenters. The molecular formula is C16H15NO3. The van der Waals surface area contributed by atoms with Crippen LogP contribution in [-0.4, -0.2) is 11.9 Å². The van der Waals surface area contributed by atoms with Gasteiger partial charge in [-0.15, -0.1) is 0 Å². The summed E-state index contributed by atoms with van der Waals surface area (Å²) in [6, 6.07) is 18.6. The fourth-order valence-corrected chi connectivity index (χ4v) is 1.64. The summed E-state index contributed by atoms with van der Waals surface area (Å²) in [4.78, 5) is 23.1. The normalized spacial score (nSPS) is 9.80. The molecule has 20 heavy (non-hydrogen) atoms. The summed E-state index contributed by atoms with van der Waals surface area (Å²) < 4.78 is 4.93. The Morgan fingerprint density at radius 3 is 2.00 bits per heavy atom. The summed E-state index contributed by atoms with van der Waals surface area (Å²) in [6.45, 7) is 0.401. The molecule has 2 aromatic carbocycles. The van der Waals surface area contributed by atoms with Gasteiger partial charge in [0, 0.05) is 6.54 Å². The maximum atomic E-state index is 11.6. The molecule has 0 saturated heterocycles. The Labute approximate surface area is 117 Å². The van der Waals surface area contributed by atoms with Crippen molar-refractivity contribution in [3.63, 3.8) is 0 Å². The van der Waals surface area contributed by atoms with Gasteiger partial charge in [-0.1, -0.05) is 60.7 Å². The van der Waals surface area contributed by atoms with Crippen molar-refractivity contribution in [1.29, 1.82) is 0 Å². The Balaban J connectivity index is 1.76. The van der Waals surface area contributed by atoms with E-state index in [2.05, 4.69) is 5.32 Å². The second-order valence-corrected chi connectivity index (χ2v) is 4.23. The maximum Gasteiger partial charge on any atom is 0.397 e. The first-order valence-corrected chi connectivity index (χ1v) is 6.28. The van der Waals surface area contributed by atoms with Crippen LogP contribution in [0.15, 0.2) is 60.7 Å². The zero-order valence-corrected chi connectivity index (χ0v) is 10.9. The van der Waals surface area contributed by atoms with Gasteiger partial charge in [0.1, 0.15) is 6.61 Å². The predicted molar refractivity (Wildman–Crippen MR) is 74.5 cm³/mol. The first kappa shape index (κ1) is 13.8. The summed E-state index contributed by atoms with van der Waals surface area (Å²) in [6.07, 6.45) is 0. The standard InChI is InChI=1S/C16H15NO3/c18-15(17-11-13-7-3-1-4-8-13)16(19)20-12-14-9-5-2-6-10-14/h1-10H,11-12H2,(H,17,18). The molecule has 1 N–H and O–H groups in total. The zero-order valence-electron chi connectivity index (χ0n) is 10.9. The van der Waals surface area contributed by atoms with Crippen molar-refractivity contribution in [2.24, 2.45) is 0 Å². The third-order valence-electron chi connectivity index (χ3n) is 2.69. The average molecular weight is 269 g/mol. The van der Waals surface area contributed by atoms with Gasteiger partial charge in [-0.3, -0.25) is 4.79 Å². The second-order valence-electron chi connectivity index (χ2n) is 4.23. The quantitative estimate of drug-likeness (QED) is 0.682. The number of hydrogen-bond donors (Lipinski definition) is 1. The molecule has 2 rings (SSSR count). The minimum absolute atomic E-state index is 0.0957. The molecule has 4 nitrogen and oxygen atoms in total. The lowest BCUT2D eigenvalue weighted by Crippen LogP contribution is -2.31. The molecule has 4 heteroatoms. The van der Waals surface area contributed by atoms with Gasteiger partial charge in [-0.25, -0.2) is 4.79 Å². The monoisotopic (exact) mass is 269 g/mol. The fraction of sp³-hybridized carbons (Fsp3) is 0.125. The van der Waals surface area contributed by atoms with Gasteiger partial charge in [0.25, 0.3) is 0 Å². The maximum absolute atomic E-state index is 11.6. The van der Waals surface area contributed by atoms with E-state index in [4.69, 9.17) is 4.74 Å². The fourth-order valence-electron chi connectivity index (χ4n) is 1.64. The van der Waals surface area contributed by atoms with Gasteiger partial charge in [0.15, 0.2) is 0 Å². The Bertz CT molecular complexity index is 513. The van der Waals surface area contributed by atoms with Crippen molar-refractivity contribution in [3.05, 3.63) is 71.8 Å². The molecule has 0 aromatic heterocycles. The van der Waals surface area contributed by atoms with Crippen molar-refractivity contribution < 1.29 is 14.3 Å². The van der Waals surface area contributed by atoms with Crippen molar-refractivity contribution in [2.45, 2.75) is 13.2 Å². The molecule has 0 aliphatic rings. The highest BCUT2D eigenvalue weighted by molar-refractivity contribution is 6.32. The smallest absolute Gasteiger partial charge is 0.397 e. The number of carbonyl (C=O) groups is 2. The third-order valence-corrected chi connectivity index (χ3v) is 2.69. The van der Waals surface area contributed by atoms with Crippen molar-refractivity contribution in [1.82, 2.24) is 5.32 Å². The van der Waals surface area contributed by atoms with Crippen LogP contribution in [0.4, 0.5) is 0 Å². The summed E-state index contributed by atoms with van der Waals surface area (Å²) in [5.74, 6) is -1.60. The van der Waals surface area contributed by atoms with Crippen LogP contribution in [-0.2, 0) is 27.5 Å². The minimum Gasteiger partial charge on any atom is -0.454 e. The SMILES string of the molecule is O=C(NCc1ccccc1)C(=O)OCc1ccccc1. The number of benzene rings is 2. The third kappa shape index (κ3) is 4.24. The van der Waals surface area contributed by atoms with Gasteiger partial charge in [0.05, 0.1) is 0 Å². The molecule has 0 aliphatic heterocycles. The first-order valence-electron chi connectivity index (χ1n) is 6.28. The first-order chi connectivity index (χ1) is 9.75. The number of hydrogen-bond acceptors (Lipinski definition) is 3. The topological polar surface area (TPSA) is 55.4 Å².